The summed E-state index contributed by atoms with van der Waals surface area (Å²) in [5.41, 5.74) is 0. The molecule has 0 saturated heterocycles. The van der Waals surface area contributed by atoms with E-state index in [2.05, 4.69) is 9.47 Å². The quantitative estimate of drug-likeness (QED) is 0.467. The van der Waals surface area contributed by atoms with Crippen molar-refractivity contribution in [2.45, 2.75) is 12.8 Å². The molecule has 0 unspecified atom stereocenters. The van der Waals surface area contributed by atoms with Crippen LogP contribution >= 0.6 is 0 Å². The summed E-state index contributed by atoms with van der Waals surface area (Å²) in [7, 11) is 2.29. The fourth-order valence-corrected chi connectivity index (χ4v) is 1.63. The van der Waals surface area contributed by atoms with Gasteiger partial charge in [-0.1, -0.05) is 0 Å². The van der Waals surface area contributed by atoms with Gasteiger partial charge in [-0.25, -0.2) is 0 Å². The molecule has 0 aliphatic heterocycles. The van der Waals surface area contributed by atoms with E-state index in [0.29, 0.717) is 0 Å². The van der Waals surface area contributed by atoms with E-state index in [1.54, 1.807) is 0 Å². The predicted molar refractivity (Wildman–Crippen MR) is 50.3 cm³/mol. The highest BCUT2D eigenvalue weighted by molar-refractivity contribution is 6.12. The van der Waals surface area contributed by atoms with Crippen molar-refractivity contribution in [1.29, 1.82) is 0 Å². The van der Waals surface area contributed by atoms with Crippen molar-refractivity contribution in [3.63, 3.8) is 0 Å². The molecule has 1 fully saturated rings. The largest absolute Gasteiger partial charge is 0.468 e. The molecular weight excluding hydrogens is 216 g/mol. The summed E-state index contributed by atoms with van der Waals surface area (Å²) in [4.78, 5) is 45.3. The van der Waals surface area contributed by atoms with Crippen LogP contribution in [0.1, 0.15) is 12.8 Å². The molecule has 1 aliphatic rings. The van der Waals surface area contributed by atoms with Gasteiger partial charge >= 0.3 is 11.9 Å². The third-order valence-electron chi connectivity index (χ3n) is 2.56. The molecule has 0 aromatic rings. The summed E-state index contributed by atoms with van der Waals surface area (Å²) >= 11 is 0. The van der Waals surface area contributed by atoms with Gasteiger partial charge in [0.05, 0.1) is 14.2 Å². The Hall–Kier alpha value is -1.72. The number of ketones is 2. The second-order valence-electron chi connectivity index (χ2n) is 3.49. The maximum absolute atomic E-state index is 11.5. The number of rotatable bonds is 2. The van der Waals surface area contributed by atoms with E-state index in [1.165, 1.54) is 0 Å². The number of Topliss-reactive ketones (excluding diaryl/α,β-unsaturated/α-hetero) is 2. The van der Waals surface area contributed by atoms with E-state index in [-0.39, 0.29) is 12.8 Å². The molecule has 6 nitrogen and oxygen atoms in total. The maximum atomic E-state index is 11.5. The van der Waals surface area contributed by atoms with Gasteiger partial charge < -0.3 is 9.47 Å². The van der Waals surface area contributed by atoms with Gasteiger partial charge in [0.15, 0.2) is 0 Å². The number of methoxy groups -OCH3 is 2. The van der Waals surface area contributed by atoms with Crippen LogP contribution in [0.5, 0.6) is 0 Å². The Bertz CT molecular complexity index is 311. The first-order valence-electron chi connectivity index (χ1n) is 4.72. The lowest BCUT2D eigenvalue weighted by molar-refractivity contribution is -0.160. The minimum Gasteiger partial charge on any atom is -0.468 e. The molecule has 0 radical (unpaired) electrons. The standard InChI is InChI=1S/C10H12O6/c1-15-9(13)5-3-8(12)6(4-7(5)11)10(14)16-2/h5-6H,3-4H2,1-2H3/t5-,6-/m1/s1. The van der Waals surface area contributed by atoms with Crippen LogP contribution in [0.4, 0.5) is 0 Å². The van der Waals surface area contributed by atoms with E-state index in [9.17, 15) is 19.2 Å². The molecule has 0 spiro atoms. The van der Waals surface area contributed by atoms with Gasteiger partial charge in [-0.15, -0.1) is 0 Å². The minimum atomic E-state index is -1.07. The summed E-state index contributed by atoms with van der Waals surface area (Å²) in [6.07, 6.45) is -0.573. The summed E-state index contributed by atoms with van der Waals surface area (Å²) in [5, 5.41) is 0. The molecule has 0 N–H and O–H groups in total. The molecular formula is C10H12O6. The second-order valence-corrected chi connectivity index (χ2v) is 3.49. The summed E-state index contributed by atoms with van der Waals surface area (Å²) in [6, 6.07) is 0. The van der Waals surface area contributed by atoms with Crippen LogP contribution in [0.25, 0.3) is 0 Å². The fourth-order valence-electron chi connectivity index (χ4n) is 1.63. The zero-order valence-corrected chi connectivity index (χ0v) is 9.02. The predicted octanol–water partition coefficient (Wildman–Crippen LogP) is -0.503. The van der Waals surface area contributed by atoms with E-state index in [4.69, 9.17) is 0 Å². The topological polar surface area (TPSA) is 86.7 Å². The molecule has 2 atom stereocenters. The Morgan fingerprint density at radius 3 is 1.50 bits per heavy atom. The van der Waals surface area contributed by atoms with Crippen LogP contribution in [0.15, 0.2) is 0 Å². The molecule has 0 amide bonds. The van der Waals surface area contributed by atoms with E-state index < -0.39 is 35.3 Å². The Labute approximate surface area is 91.9 Å². The Morgan fingerprint density at radius 1 is 0.938 bits per heavy atom. The van der Waals surface area contributed by atoms with Crippen molar-refractivity contribution in [2.24, 2.45) is 11.8 Å². The average molecular weight is 228 g/mol. The SMILES string of the molecule is COC(=O)[C@@H]1CC(=O)[C@H](C(=O)OC)CC1=O. The number of ether oxygens (including phenoxy) is 2. The molecule has 1 saturated carbocycles. The second kappa shape index (κ2) is 4.87. The highest BCUT2D eigenvalue weighted by Gasteiger charge is 2.42. The summed E-state index contributed by atoms with van der Waals surface area (Å²) in [6.45, 7) is 0. The van der Waals surface area contributed by atoms with Crippen molar-refractivity contribution < 1.29 is 28.7 Å². The number of carbonyl (C=O) groups excluding carboxylic acids is 4. The number of hydrogen-bond donors (Lipinski definition) is 0. The number of esters is 2. The number of carbonyl (C=O) groups is 4. The van der Waals surface area contributed by atoms with Crippen molar-refractivity contribution in [3.8, 4) is 0 Å². The van der Waals surface area contributed by atoms with Crippen molar-refractivity contribution in [3.05, 3.63) is 0 Å². The first-order valence-corrected chi connectivity index (χ1v) is 4.72. The molecule has 0 bridgehead atoms. The van der Waals surface area contributed by atoms with Gasteiger partial charge in [0.1, 0.15) is 23.4 Å². The van der Waals surface area contributed by atoms with Gasteiger partial charge in [0, 0.05) is 12.8 Å². The van der Waals surface area contributed by atoms with E-state index in [0.717, 1.165) is 14.2 Å². The zero-order valence-electron chi connectivity index (χ0n) is 9.02. The third kappa shape index (κ3) is 2.26. The van der Waals surface area contributed by atoms with Crippen molar-refractivity contribution >= 4 is 23.5 Å². The molecule has 6 heteroatoms. The van der Waals surface area contributed by atoms with Crippen molar-refractivity contribution in [2.75, 3.05) is 14.2 Å². The van der Waals surface area contributed by atoms with Gasteiger partial charge in [-0.2, -0.15) is 0 Å². The molecule has 88 valence electrons. The molecule has 0 aromatic heterocycles. The lowest BCUT2D eigenvalue weighted by atomic mass is 9.80. The Balaban J connectivity index is 2.78. The monoisotopic (exact) mass is 228 g/mol. The molecule has 1 aliphatic carbocycles. The lowest BCUT2D eigenvalue weighted by Gasteiger charge is -2.22. The van der Waals surface area contributed by atoms with E-state index in [1.807, 2.05) is 0 Å². The van der Waals surface area contributed by atoms with Crippen LogP contribution in [0.2, 0.25) is 0 Å². The summed E-state index contributed by atoms with van der Waals surface area (Å²) < 4.78 is 8.80. The zero-order chi connectivity index (χ0) is 12.3. The van der Waals surface area contributed by atoms with Crippen molar-refractivity contribution in [1.82, 2.24) is 0 Å². The van der Waals surface area contributed by atoms with E-state index >= 15 is 0 Å². The first kappa shape index (κ1) is 12.4. The Morgan fingerprint density at radius 2 is 1.25 bits per heavy atom. The highest BCUT2D eigenvalue weighted by Crippen LogP contribution is 2.24. The van der Waals surface area contributed by atoms with Crippen LogP contribution in [-0.2, 0) is 28.7 Å². The molecule has 0 aromatic carbocycles. The average Bonchev–Trinajstić information content (AvgIpc) is 2.29. The minimum absolute atomic E-state index is 0.286. The van der Waals surface area contributed by atoms with Crippen LogP contribution < -0.4 is 0 Å². The van der Waals surface area contributed by atoms with Crippen LogP contribution in [0, 0.1) is 11.8 Å². The smallest absolute Gasteiger partial charge is 0.316 e. The van der Waals surface area contributed by atoms with Gasteiger partial charge in [0.25, 0.3) is 0 Å². The van der Waals surface area contributed by atoms with Gasteiger partial charge in [0.2, 0.25) is 0 Å². The first-order chi connectivity index (χ1) is 7.51. The summed E-state index contributed by atoms with van der Waals surface area (Å²) in [5.74, 6) is -4.52. The molecule has 0 heterocycles. The van der Waals surface area contributed by atoms with Crippen LogP contribution in [0.3, 0.4) is 0 Å². The van der Waals surface area contributed by atoms with Gasteiger partial charge in [-0.3, -0.25) is 19.2 Å². The molecule has 16 heavy (non-hydrogen) atoms. The fraction of sp³-hybridized carbons (Fsp3) is 0.600. The lowest BCUT2D eigenvalue weighted by Crippen LogP contribution is -2.40. The Kier molecular flexibility index (Phi) is 3.76. The number of hydrogen-bond acceptors (Lipinski definition) is 6. The van der Waals surface area contributed by atoms with Crippen LogP contribution in [-0.4, -0.2) is 37.7 Å². The highest BCUT2D eigenvalue weighted by atomic mass is 16.5. The third-order valence-corrected chi connectivity index (χ3v) is 2.56. The van der Waals surface area contributed by atoms with Gasteiger partial charge in [-0.05, 0) is 0 Å². The maximum Gasteiger partial charge on any atom is 0.316 e. The molecule has 1 rings (SSSR count). The normalized spacial score (nSPS) is 25.1.